The number of aromatic nitrogens is 1. The van der Waals surface area contributed by atoms with E-state index in [9.17, 15) is 19.7 Å². The first-order valence-corrected chi connectivity index (χ1v) is 11.2. The molecule has 1 aliphatic rings. The van der Waals surface area contributed by atoms with E-state index in [4.69, 9.17) is 9.47 Å². The van der Waals surface area contributed by atoms with Crippen molar-refractivity contribution in [1.29, 1.82) is 0 Å². The third-order valence-electron chi connectivity index (χ3n) is 5.31. The first-order valence-electron chi connectivity index (χ1n) is 10.4. The number of ether oxygens (including phenoxy) is 2. The lowest BCUT2D eigenvalue weighted by atomic mass is 9.95. The van der Waals surface area contributed by atoms with E-state index in [2.05, 4.69) is 4.99 Å². The zero-order chi connectivity index (χ0) is 24.4. The molecular formula is C24H21N3O6S. The van der Waals surface area contributed by atoms with E-state index in [-0.39, 0.29) is 23.4 Å². The van der Waals surface area contributed by atoms with Crippen molar-refractivity contribution >= 4 is 29.1 Å². The Morgan fingerprint density at radius 1 is 1.26 bits per heavy atom. The van der Waals surface area contributed by atoms with Crippen LogP contribution in [0.4, 0.5) is 5.69 Å². The van der Waals surface area contributed by atoms with Crippen molar-refractivity contribution < 1.29 is 19.2 Å². The molecule has 0 saturated heterocycles. The molecule has 0 unspecified atom stereocenters. The predicted molar refractivity (Wildman–Crippen MR) is 126 cm³/mol. The Bertz CT molecular complexity index is 1500. The normalized spacial score (nSPS) is 15.5. The molecule has 4 rings (SSSR count). The zero-order valence-electron chi connectivity index (χ0n) is 18.7. The fourth-order valence-electron chi connectivity index (χ4n) is 3.80. The summed E-state index contributed by atoms with van der Waals surface area (Å²) in [6, 6.07) is 12.2. The lowest BCUT2D eigenvalue weighted by Gasteiger charge is -2.24. The van der Waals surface area contributed by atoms with Crippen LogP contribution in [0.3, 0.4) is 0 Å². The second-order valence-electron chi connectivity index (χ2n) is 7.43. The van der Waals surface area contributed by atoms with Crippen LogP contribution >= 0.6 is 11.3 Å². The number of nitrogens with zero attached hydrogens (tertiary/aromatic N) is 3. The lowest BCUT2D eigenvalue weighted by Crippen LogP contribution is -2.40. The van der Waals surface area contributed by atoms with Crippen molar-refractivity contribution in [2.45, 2.75) is 19.9 Å². The summed E-state index contributed by atoms with van der Waals surface area (Å²) >= 11 is 1.18. The van der Waals surface area contributed by atoms with E-state index in [1.54, 1.807) is 45.2 Å². The minimum Gasteiger partial charge on any atom is -0.497 e. The molecule has 0 spiro atoms. The molecule has 2 heterocycles. The van der Waals surface area contributed by atoms with Crippen LogP contribution < -0.4 is 19.6 Å². The fraction of sp³-hybridized carbons (Fsp3) is 0.208. The quantitative estimate of drug-likeness (QED) is 0.305. The van der Waals surface area contributed by atoms with Crippen LogP contribution in [0.2, 0.25) is 0 Å². The molecule has 1 aromatic heterocycles. The number of methoxy groups -OCH3 is 1. The van der Waals surface area contributed by atoms with Crippen LogP contribution in [-0.2, 0) is 9.53 Å². The number of fused-ring (bicyclic) bond motifs is 1. The van der Waals surface area contributed by atoms with Gasteiger partial charge < -0.3 is 9.47 Å². The van der Waals surface area contributed by atoms with Gasteiger partial charge in [-0.2, -0.15) is 0 Å². The second kappa shape index (κ2) is 9.44. The van der Waals surface area contributed by atoms with E-state index < -0.39 is 16.9 Å². The number of carbonyl (C=O) groups excluding carboxylic acids is 1. The van der Waals surface area contributed by atoms with E-state index in [1.165, 1.54) is 34.1 Å². The maximum atomic E-state index is 13.5. The van der Waals surface area contributed by atoms with Crippen LogP contribution in [0.15, 0.2) is 69.6 Å². The number of rotatable bonds is 6. The molecule has 2 aromatic carbocycles. The summed E-state index contributed by atoms with van der Waals surface area (Å²) in [6.45, 7) is 3.48. The highest BCUT2D eigenvalue weighted by Gasteiger charge is 2.34. The highest BCUT2D eigenvalue weighted by molar-refractivity contribution is 7.07. The molecule has 174 valence electrons. The molecular weight excluding hydrogens is 458 g/mol. The summed E-state index contributed by atoms with van der Waals surface area (Å²) in [4.78, 5) is 42.2. The molecule has 1 atom stereocenters. The summed E-state index contributed by atoms with van der Waals surface area (Å²) in [5, 5.41) is 11.4. The van der Waals surface area contributed by atoms with E-state index >= 15 is 0 Å². The number of hydrogen-bond acceptors (Lipinski definition) is 8. The van der Waals surface area contributed by atoms with Crippen molar-refractivity contribution in [2.75, 3.05) is 13.7 Å². The number of thiazole rings is 1. The molecule has 10 heteroatoms. The number of nitro groups is 1. The molecule has 0 radical (unpaired) electrons. The van der Waals surface area contributed by atoms with Gasteiger partial charge in [-0.25, -0.2) is 9.79 Å². The summed E-state index contributed by atoms with van der Waals surface area (Å²) in [6.07, 6.45) is 1.72. The molecule has 0 N–H and O–H groups in total. The molecule has 34 heavy (non-hydrogen) atoms. The van der Waals surface area contributed by atoms with Gasteiger partial charge in [0.2, 0.25) is 0 Å². The topological polar surface area (TPSA) is 113 Å². The Morgan fingerprint density at radius 2 is 2.03 bits per heavy atom. The van der Waals surface area contributed by atoms with Gasteiger partial charge in [0.05, 0.1) is 40.5 Å². The monoisotopic (exact) mass is 479 g/mol. The van der Waals surface area contributed by atoms with Gasteiger partial charge in [0, 0.05) is 12.1 Å². The van der Waals surface area contributed by atoms with E-state index in [0.717, 1.165) is 5.56 Å². The Kier molecular flexibility index (Phi) is 6.42. The zero-order valence-corrected chi connectivity index (χ0v) is 19.5. The largest absolute Gasteiger partial charge is 0.497 e. The summed E-state index contributed by atoms with van der Waals surface area (Å²) in [7, 11) is 1.56. The van der Waals surface area contributed by atoms with Gasteiger partial charge in [-0.3, -0.25) is 19.5 Å². The van der Waals surface area contributed by atoms with Crippen LogP contribution in [0.1, 0.15) is 31.0 Å². The van der Waals surface area contributed by atoms with Gasteiger partial charge in [-0.05, 0) is 43.2 Å². The Morgan fingerprint density at radius 3 is 2.74 bits per heavy atom. The number of allylic oxidation sites excluding steroid dienone is 1. The number of esters is 1. The van der Waals surface area contributed by atoms with Crippen LogP contribution in [0.5, 0.6) is 5.75 Å². The van der Waals surface area contributed by atoms with Crippen molar-refractivity contribution in [3.05, 3.63) is 101 Å². The van der Waals surface area contributed by atoms with Crippen molar-refractivity contribution in [2.24, 2.45) is 4.99 Å². The maximum absolute atomic E-state index is 13.5. The Labute approximate surface area is 198 Å². The van der Waals surface area contributed by atoms with Gasteiger partial charge in [0.1, 0.15) is 5.75 Å². The smallest absolute Gasteiger partial charge is 0.338 e. The van der Waals surface area contributed by atoms with E-state index in [0.29, 0.717) is 26.3 Å². The summed E-state index contributed by atoms with van der Waals surface area (Å²) in [5.74, 6) is 0.0266. The molecule has 0 amide bonds. The molecule has 0 bridgehead atoms. The molecule has 1 aliphatic heterocycles. The average Bonchev–Trinajstić information content (AvgIpc) is 3.12. The van der Waals surface area contributed by atoms with Gasteiger partial charge in [-0.1, -0.05) is 35.6 Å². The highest BCUT2D eigenvalue weighted by Crippen LogP contribution is 2.32. The average molecular weight is 480 g/mol. The summed E-state index contributed by atoms with van der Waals surface area (Å²) < 4.78 is 12.3. The number of hydrogen-bond donors (Lipinski definition) is 0. The van der Waals surface area contributed by atoms with E-state index in [1.807, 2.05) is 12.1 Å². The maximum Gasteiger partial charge on any atom is 0.338 e. The second-order valence-corrected chi connectivity index (χ2v) is 8.44. The molecule has 3 aromatic rings. The van der Waals surface area contributed by atoms with Gasteiger partial charge in [-0.15, -0.1) is 0 Å². The first-order chi connectivity index (χ1) is 16.3. The van der Waals surface area contributed by atoms with Crippen molar-refractivity contribution in [1.82, 2.24) is 4.57 Å². The first kappa shape index (κ1) is 23.1. The van der Waals surface area contributed by atoms with Gasteiger partial charge >= 0.3 is 5.97 Å². The lowest BCUT2D eigenvalue weighted by molar-refractivity contribution is -0.384. The standard InChI is InChI=1S/C24H21N3O6S/c1-4-33-23(29)20-14(2)25-24-26(21(20)16-8-6-9-17(13-16)27(30)31)22(28)19(34-24)12-15-7-5-10-18(11-15)32-3/h5-13,21H,4H2,1-3H3/b19-12-/t21-/m1/s1. The van der Waals surface area contributed by atoms with Crippen LogP contribution in [0.25, 0.3) is 6.08 Å². The van der Waals surface area contributed by atoms with Crippen molar-refractivity contribution in [3.8, 4) is 5.75 Å². The Balaban J connectivity index is 1.96. The number of non-ortho nitro benzene ring substituents is 1. The summed E-state index contributed by atoms with van der Waals surface area (Å²) in [5.41, 5.74) is 1.23. The van der Waals surface area contributed by atoms with Gasteiger partial charge in [0.25, 0.3) is 11.2 Å². The minimum atomic E-state index is -0.914. The van der Waals surface area contributed by atoms with Crippen LogP contribution in [-0.4, -0.2) is 29.2 Å². The third-order valence-corrected chi connectivity index (χ3v) is 6.29. The predicted octanol–water partition coefficient (Wildman–Crippen LogP) is 2.72. The number of nitro benzene ring substituents is 1. The van der Waals surface area contributed by atoms with Crippen LogP contribution in [0, 0.1) is 10.1 Å². The molecule has 0 aliphatic carbocycles. The molecule has 0 fully saturated rings. The molecule has 0 saturated carbocycles. The van der Waals surface area contributed by atoms with Crippen molar-refractivity contribution in [3.63, 3.8) is 0 Å². The minimum absolute atomic E-state index is 0.136. The molecule has 9 nitrogen and oxygen atoms in total. The third kappa shape index (κ3) is 4.27. The SMILES string of the molecule is CCOC(=O)C1=C(C)N=c2s/c(=C\c3cccc(OC)c3)c(=O)n2[C@@H]1c1cccc([N+](=O)[O-])c1. The number of benzene rings is 2. The fourth-order valence-corrected chi connectivity index (χ4v) is 4.84. The number of carbonyl (C=O) groups is 1. The Hall–Kier alpha value is -4.05. The van der Waals surface area contributed by atoms with Gasteiger partial charge in [0.15, 0.2) is 4.80 Å². The highest BCUT2D eigenvalue weighted by atomic mass is 32.1.